The molecule has 0 aliphatic rings. The van der Waals surface area contributed by atoms with E-state index in [9.17, 15) is 4.39 Å². The SMILES string of the molecule is CCCNCC(CCc1nccn1C)c1ccc(F)cc1. The van der Waals surface area contributed by atoms with Gasteiger partial charge >= 0.3 is 0 Å². The fraction of sp³-hybridized carbons (Fsp3) is 0.471. The van der Waals surface area contributed by atoms with Crippen molar-refractivity contribution in [3.8, 4) is 0 Å². The zero-order chi connectivity index (χ0) is 15.1. The van der Waals surface area contributed by atoms with E-state index in [1.165, 1.54) is 5.56 Å². The highest BCUT2D eigenvalue weighted by Gasteiger charge is 2.13. The topological polar surface area (TPSA) is 29.9 Å². The van der Waals surface area contributed by atoms with E-state index in [0.717, 1.165) is 38.2 Å². The van der Waals surface area contributed by atoms with Gasteiger partial charge in [0, 0.05) is 32.4 Å². The standard InChI is InChI=1S/C17H24FN3/c1-3-10-19-13-15(14-4-7-16(18)8-5-14)6-9-17-20-11-12-21(17)2/h4-5,7-8,11-12,15,19H,3,6,9-10,13H2,1-2H3. The second kappa shape index (κ2) is 7.93. The molecule has 21 heavy (non-hydrogen) atoms. The summed E-state index contributed by atoms with van der Waals surface area (Å²) in [5, 5.41) is 3.47. The van der Waals surface area contributed by atoms with Crippen LogP contribution in [0.3, 0.4) is 0 Å². The average molecular weight is 289 g/mol. The van der Waals surface area contributed by atoms with Crippen molar-refractivity contribution in [2.75, 3.05) is 13.1 Å². The van der Waals surface area contributed by atoms with Gasteiger partial charge in [0.2, 0.25) is 0 Å². The second-order valence-corrected chi connectivity index (χ2v) is 5.45. The molecule has 1 aromatic carbocycles. The van der Waals surface area contributed by atoms with Crippen LogP contribution >= 0.6 is 0 Å². The van der Waals surface area contributed by atoms with E-state index in [1.54, 1.807) is 12.1 Å². The number of hydrogen-bond acceptors (Lipinski definition) is 2. The van der Waals surface area contributed by atoms with Gasteiger partial charge in [0.1, 0.15) is 11.6 Å². The average Bonchev–Trinajstić information content (AvgIpc) is 2.89. The van der Waals surface area contributed by atoms with Crippen LogP contribution in [0.2, 0.25) is 0 Å². The van der Waals surface area contributed by atoms with Crippen LogP contribution in [0.25, 0.3) is 0 Å². The number of halogens is 1. The van der Waals surface area contributed by atoms with Crippen molar-refractivity contribution in [3.63, 3.8) is 0 Å². The first kappa shape index (κ1) is 15.7. The van der Waals surface area contributed by atoms with Gasteiger partial charge in [-0.2, -0.15) is 0 Å². The molecule has 0 amide bonds. The van der Waals surface area contributed by atoms with Crippen LogP contribution in [-0.4, -0.2) is 22.6 Å². The van der Waals surface area contributed by atoms with E-state index < -0.39 is 0 Å². The number of aromatic nitrogens is 2. The summed E-state index contributed by atoms with van der Waals surface area (Å²) in [7, 11) is 2.02. The second-order valence-electron chi connectivity index (χ2n) is 5.45. The maximum Gasteiger partial charge on any atom is 0.123 e. The highest BCUT2D eigenvalue weighted by molar-refractivity contribution is 5.21. The van der Waals surface area contributed by atoms with Crippen molar-refractivity contribution in [2.45, 2.75) is 32.1 Å². The van der Waals surface area contributed by atoms with E-state index in [1.807, 2.05) is 31.6 Å². The zero-order valence-corrected chi connectivity index (χ0v) is 12.8. The summed E-state index contributed by atoms with van der Waals surface area (Å²) in [6.07, 6.45) is 6.86. The minimum absolute atomic E-state index is 0.178. The fourth-order valence-electron chi connectivity index (χ4n) is 2.52. The molecule has 0 bridgehead atoms. The first-order valence-electron chi connectivity index (χ1n) is 7.63. The van der Waals surface area contributed by atoms with Crippen LogP contribution in [0.5, 0.6) is 0 Å². The fourth-order valence-corrected chi connectivity index (χ4v) is 2.52. The highest BCUT2D eigenvalue weighted by Crippen LogP contribution is 2.21. The van der Waals surface area contributed by atoms with E-state index in [-0.39, 0.29) is 5.82 Å². The van der Waals surface area contributed by atoms with Gasteiger partial charge in [0.15, 0.2) is 0 Å². The van der Waals surface area contributed by atoms with Gasteiger partial charge in [-0.3, -0.25) is 0 Å². The van der Waals surface area contributed by atoms with Crippen LogP contribution < -0.4 is 5.32 Å². The van der Waals surface area contributed by atoms with Gasteiger partial charge in [-0.25, -0.2) is 9.37 Å². The van der Waals surface area contributed by atoms with E-state index in [0.29, 0.717) is 5.92 Å². The number of hydrogen-bond donors (Lipinski definition) is 1. The van der Waals surface area contributed by atoms with Crippen molar-refractivity contribution in [1.82, 2.24) is 14.9 Å². The zero-order valence-electron chi connectivity index (χ0n) is 12.8. The Morgan fingerprint density at radius 1 is 1.29 bits per heavy atom. The minimum atomic E-state index is -0.178. The Balaban J connectivity index is 2.01. The maximum atomic E-state index is 13.1. The third kappa shape index (κ3) is 4.67. The van der Waals surface area contributed by atoms with Gasteiger partial charge < -0.3 is 9.88 Å². The summed E-state index contributed by atoms with van der Waals surface area (Å²) in [6, 6.07) is 6.88. The molecule has 0 aliphatic carbocycles. The Morgan fingerprint density at radius 2 is 2.05 bits per heavy atom. The van der Waals surface area contributed by atoms with Gasteiger partial charge in [-0.05, 0) is 43.0 Å². The van der Waals surface area contributed by atoms with Crippen LogP contribution in [0.4, 0.5) is 4.39 Å². The molecule has 2 aromatic rings. The molecule has 0 saturated heterocycles. The Kier molecular flexibility index (Phi) is 5.93. The van der Waals surface area contributed by atoms with Crippen molar-refractivity contribution in [2.24, 2.45) is 7.05 Å². The molecule has 1 atom stereocenters. The number of aryl methyl sites for hydroxylation is 2. The molecule has 0 fully saturated rings. The number of nitrogens with zero attached hydrogens (tertiary/aromatic N) is 2. The lowest BCUT2D eigenvalue weighted by molar-refractivity contribution is 0.537. The van der Waals surface area contributed by atoms with Crippen LogP contribution in [0, 0.1) is 5.82 Å². The molecule has 0 saturated carbocycles. The maximum absolute atomic E-state index is 13.1. The molecule has 1 aromatic heterocycles. The first-order valence-corrected chi connectivity index (χ1v) is 7.63. The lowest BCUT2D eigenvalue weighted by Gasteiger charge is -2.18. The van der Waals surface area contributed by atoms with E-state index in [4.69, 9.17) is 0 Å². The lowest BCUT2D eigenvalue weighted by atomic mass is 9.94. The largest absolute Gasteiger partial charge is 0.338 e. The molecule has 1 N–H and O–H groups in total. The predicted octanol–water partition coefficient (Wildman–Crippen LogP) is 3.28. The number of benzene rings is 1. The summed E-state index contributed by atoms with van der Waals surface area (Å²) in [6.45, 7) is 4.10. The molecule has 0 spiro atoms. The van der Waals surface area contributed by atoms with Crippen LogP contribution in [0.1, 0.15) is 37.1 Å². The van der Waals surface area contributed by atoms with Gasteiger partial charge in [-0.15, -0.1) is 0 Å². The molecule has 1 unspecified atom stereocenters. The van der Waals surface area contributed by atoms with Gasteiger partial charge in [0.25, 0.3) is 0 Å². The van der Waals surface area contributed by atoms with Crippen LogP contribution in [0.15, 0.2) is 36.7 Å². The Bertz CT molecular complexity index is 533. The molecule has 1 heterocycles. The molecular formula is C17H24FN3. The van der Waals surface area contributed by atoms with Gasteiger partial charge in [-0.1, -0.05) is 19.1 Å². The molecule has 2 rings (SSSR count). The summed E-state index contributed by atoms with van der Waals surface area (Å²) in [5.74, 6) is 1.30. The molecule has 3 nitrogen and oxygen atoms in total. The predicted molar refractivity (Wildman–Crippen MR) is 83.8 cm³/mol. The summed E-state index contributed by atoms with van der Waals surface area (Å²) in [4.78, 5) is 4.37. The molecule has 114 valence electrons. The molecular weight excluding hydrogens is 265 g/mol. The van der Waals surface area contributed by atoms with Crippen molar-refractivity contribution >= 4 is 0 Å². The van der Waals surface area contributed by atoms with Crippen molar-refractivity contribution < 1.29 is 4.39 Å². The monoisotopic (exact) mass is 289 g/mol. The third-order valence-corrected chi connectivity index (χ3v) is 3.80. The number of nitrogens with one attached hydrogen (secondary N) is 1. The van der Waals surface area contributed by atoms with Crippen molar-refractivity contribution in [3.05, 3.63) is 53.9 Å². The summed E-state index contributed by atoms with van der Waals surface area (Å²) in [5.41, 5.74) is 1.19. The first-order chi connectivity index (χ1) is 10.2. The summed E-state index contributed by atoms with van der Waals surface area (Å²) < 4.78 is 15.1. The number of imidazole rings is 1. The van der Waals surface area contributed by atoms with Crippen molar-refractivity contribution in [1.29, 1.82) is 0 Å². The van der Waals surface area contributed by atoms with Crippen LogP contribution in [-0.2, 0) is 13.5 Å². The molecule has 4 heteroatoms. The van der Waals surface area contributed by atoms with E-state index in [2.05, 4.69) is 21.8 Å². The Labute approximate surface area is 126 Å². The third-order valence-electron chi connectivity index (χ3n) is 3.80. The van der Waals surface area contributed by atoms with Gasteiger partial charge in [0.05, 0.1) is 0 Å². The smallest absolute Gasteiger partial charge is 0.123 e. The molecule has 0 radical (unpaired) electrons. The highest BCUT2D eigenvalue weighted by atomic mass is 19.1. The minimum Gasteiger partial charge on any atom is -0.338 e. The molecule has 0 aliphatic heterocycles. The Hall–Kier alpha value is -1.68. The normalized spacial score (nSPS) is 12.5. The quantitative estimate of drug-likeness (QED) is 0.756. The van der Waals surface area contributed by atoms with E-state index >= 15 is 0 Å². The Morgan fingerprint density at radius 3 is 2.67 bits per heavy atom. The lowest BCUT2D eigenvalue weighted by Crippen LogP contribution is -2.23. The number of rotatable bonds is 8. The summed E-state index contributed by atoms with van der Waals surface area (Å²) >= 11 is 0.